The summed E-state index contributed by atoms with van der Waals surface area (Å²) in [6, 6.07) is 7.98. The topological polar surface area (TPSA) is 29.1 Å². The maximum absolute atomic E-state index is 12.4. The van der Waals surface area contributed by atoms with E-state index in [-0.39, 0.29) is 11.8 Å². The van der Waals surface area contributed by atoms with Gasteiger partial charge in [0.2, 0.25) is 5.91 Å². The Bertz CT molecular complexity index is 506. The summed E-state index contributed by atoms with van der Waals surface area (Å²) in [5, 5.41) is 3.10. The molecular weight excluding hydrogens is 234 g/mol. The first-order valence-corrected chi connectivity index (χ1v) is 7.30. The Hall–Kier alpha value is -1.57. The molecule has 2 aliphatic carbocycles. The standard InChI is InChI=1S/C17H21NO/c1-12-8-6-7-11-15(12)18-17(19)16-13-9-4-2-3-5-10-14(13)16/h4,6-9,11,13-14,16H,2-3,5,10H2,1H3,(H,18,19)/t13-,14+,16+/m0/s1. The van der Waals surface area contributed by atoms with Gasteiger partial charge in [-0.25, -0.2) is 0 Å². The Morgan fingerprint density at radius 1 is 1.26 bits per heavy atom. The van der Waals surface area contributed by atoms with Gasteiger partial charge >= 0.3 is 0 Å². The highest BCUT2D eigenvalue weighted by Gasteiger charge is 2.52. The van der Waals surface area contributed by atoms with Gasteiger partial charge in [-0.05, 0) is 49.7 Å². The van der Waals surface area contributed by atoms with Gasteiger partial charge in [-0.1, -0.05) is 36.8 Å². The molecule has 0 saturated heterocycles. The Balaban J connectivity index is 1.67. The SMILES string of the molecule is Cc1ccccc1NC(=O)[C@@H]1[C@H]2C=CCCCC[C@H]21. The minimum Gasteiger partial charge on any atom is -0.326 e. The van der Waals surface area contributed by atoms with Crippen molar-refractivity contribution in [2.75, 3.05) is 5.32 Å². The van der Waals surface area contributed by atoms with Gasteiger partial charge in [-0.3, -0.25) is 4.79 Å². The summed E-state index contributed by atoms with van der Waals surface area (Å²) in [6.45, 7) is 2.03. The number of carbonyl (C=O) groups excluding carboxylic acids is 1. The van der Waals surface area contributed by atoms with Gasteiger partial charge in [0.15, 0.2) is 0 Å². The van der Waals surface area contributed by atoms with Crippen LogP contribution in [0.5, 0.6) is 0 Å². The predicted molar refractivity (Wildman–Crippen MR) is 77.9 cm³/mol. The summed E-state index contributed by atoms with van der Waals surface area (Å²) in [5.74, 6) is 1.48. The zero-order valence-corrected chi connectivity index (χ0v) is 11.4. The molecule has 0 bridgehead atoms. The first kappa shape index (κ1) is 12.5. The second-order valence-corrected chi connectivity index (χ2v) is 5.78. The van der Waals surface area contributed by atoms with Crippen LogP contribution in [-0.2, 0) is 4.79 Å². The highest BCUT2D eigenvalue weighted by atomic mass is 16.2. The molecule has 0 aromatic heterocycles. The van der Waals surface area contributed by atoms with E-state index in [9.17, 15) is 4.79 Å². The van der Waals surface area contributed by atoms with Crippen molar-refractivity contribution in [3.05, 3.63) is 42.0 Å². The lowest BCUT2D eigenvalue weighted by Gasteiger charge is -2.07. The van der Waals surface area contributed by atoms with Gasteiger partial charge < -0.3 is 5.32 Å². The predicted octanol–water partition coefficient (Wildman–Crippen LogP) is 3.93. The lowest BCUT2D eigenvalue weighted by molar-refractivity contribution is -0.117. The number of para-hydroxylation sites is 1. The van der Waals surface area contributed by atoms with Crippen molar-refractivity contribution in [1.82, 2.24) is 0 Å². The molecule has 2 heteroatoms. The molecule has 0 spiro atoms. The van der Waals surface area contributed by atoms with Crippen molar-refractivity contribution in [2.24, 2.45) is 17.8 Å². The van der Waals surface area contributed by atoms with E-state index in [0.29, 0.717) is 11.8 Å². The maximum Gasteiger partial charge on any atom is 0.228 e. The van der Waals surface area contributed by atoms with E-state index in [0.717, 1.165) is 11.3 Å². The van der Waals surface area contributed by atoms with E-state index in [1.54, 1.807) is 0 Å². The van der Waals surface area contributed by atoms with Crippen LogP contribution in [0.2, 0.25) is 0 Å². The number of carbonyl (C=O) groups is 1. The van der Waals surface area contributed by atoms with Crippen LogP contribution in [0.1, 0.15) is 31.2 Å². The number of benzene rings is 1. The van der Waals surface area contributed by atoms with Crippen molar-refractivity contribution >= 4 is 11.6 Å². The largest absolute Gasteiger partial charge is 0.326 e. The number of nitrogens with one attached hydrogen (secondary N) is 1. The number of hydrogen-bond acceptors (Lipinski definition) is 1. The van der Waals surface area contributed by atoms with Gasteiger partial charge in [0, 0.05) is 11.6 Å². The molecule has 100 valence electrons. The number of rotatable bonds is 2. The highest BCUT2D eigenvalue weighted by molar-refractivity contribution is 5.95. The summed E-state index contributed by atoms with van der Waals surface area (Å²) in [4.78, 5) is 12.4. The molecule has 1 aromatic rings. The zero-order valence-electron chi connectivity index (χ0n) is 11.4. The highest BCUT2D eigenvalue weighted by Crippen LogP contribution is 2.51. The molecule has 1 N–H and O–H groups in total. The Morgan fingerprint density at radius 3 is 2.95 bits per heavy atom. The summed E-state index contributed by atoms with van der Waals surface area (Å²) >= 11 is 0. The van der Waals surface area contributed by atoms with Gasteiger partial charge in [-0.15, -0.1) is 0 Å². The second kappa shape index (κ2) is 5.20. The molecule has 0 unspecified atom stereocenters. The molecule has 2 nitrogen and oxygen atoms in total. The van der Waals surface area contributed by atoms with E-state index in [1.165, 1.54) is 25.7 Å². The van der Waals surface area contributed by atoms with Gasteiger partial charge in [-0.2, -0.15) is 0 Å². The van der Waals surface area contributed by atoms with Crippen molar-refractivity contribution in [3.63, 3.8) is 0 Å². The summed E-state index contributed by atoms with van der Waals surface area (Å²) < 4.78 is 0. The lowest BCUT2D eigenvalue weighted by Crippen LogP contribution is -2.16. The van der Waals surface area contributed by atoms with E-state index in [4.69, 9.17) is 0 Å². The first-order chi connectivity index (χ1) is 9.27. The normalized spacial score (nSPS) is 29.0. The summed E-state index contributed by atoms with van der Waals surface area (Å²) in [7, 11) is 0. The van der Waals surface area contributed by atoms with Crippen LogP contribution in [0.15, 0.2) is 36.4 Å². The van der Waals surface area contributed by atoms with Crippen LogP contribution < -0.4 is 5.32 Å². The van der Waals surface area contributed by atoms with E-state index < -0.39 is 0 Å². The average Bonchev–Trinajstić information content (AvgIpc) is 3.03. The Labute approximate surface area is 114 Å². The molecular formula is C17H21NO. The molecule has 0 radical (unpaired) electrons. The molecule has 19 heavy (non-hydrogen) atoms. The van der Waals surface area contributed by atoms with Crippen LogP contribution in [0.3, 0.4) is 0 Å². The molecule has 1 amide bonds. The lowest BCUT2D eigenvalue weighted by atomic mass is 10.1. The molecule has 1 fully saturated rings. The fraction of sp³-hybridized carbons (Fsp3) is 0.471. The first-order valence-electron chi connectivity index (χ1n) is 7.30. The second-order valence-electron chi connectivity index (χ2n) is 5.78. The summed E-state index contributed by atoms with van der Waals surface area (Å²) in [5.41, 5.74) is 2.08. The minimum absolute atomic E-state index is 0.203. The molecule has 1 aromatic carbocycles. The third-order valence-corrected chi connectivity index (χ3v) is 4.45. The number of anilines is 1. The molecule has 2 aliphatic rings. The number of aryl methyl sites for hydroxylation is 1. The van der Waals surface area contributed by atoms with Crippen molar-refractivity contribution in [2.45, 2.75) is 32.6 Å². The van der Waals surface area contributed by atoms with E-state index >= 15 is 0 Å². The summed E-state index contributed by atoms with van der Waals surface area (Å²) in [6.07, 6.45) is 9.45. The van der Waals surface area contributed by atoms with Crippen molar-refractivity contribution in [3.8, 4) is 0 Å². The molecule has 1 saturated carbocycles. The maximum atomic E-state index is 12.4. The van der Waals surface area contributed by atoms with Crippen LogP contribution in [0.4, 0.5) is 5.69 Å². The van der Waals surface area contributed by atoms with Crippen molar-refractivity contribution in [1.29, 1.82) is 0 Å². The van der Waals surface area contributed by atoms with E-state index in [1.807, 2.05) is 31.2 Å². The molecule has 3 rings (SSSR count). The Kier molecular flexibility index (Phi) is 3.41. The van der Waals surface area contributed by atoms with Crippen LogP contribution in [0.25, 0.3) is 0 Å². The number of amides is 1. The fourth-order valence-corrected chi connectivity index (χ4v) is 3.23. The number of hydrogen-bond donors (Lipinski definition) is 1. The third-order valence-electron chi connectivity index (χ3n) is 4.45. The fourth-order valence-electron chi connectivity index (χ4n) is 3.23. The van der Waals surface area contributed by atoms with Crippen LogP contribution in [0, 0.1) is 24.7 Å². The smallest absolute Gasteiger partial charge is 0.228 e. The van der Waals surface area contributed by atoms with Gasteiger partial charge in [0.05, 0.1) is 0 Å². The molecule has 3 atom stereocenters. The zero-order chi connectivity index (χ0) is 13.2. The quantitative estimate of drug-likeness (QED) is 0.797. The van der Waals surface area contributed by atoms with Gasteiger partial charge in [0.25, 0.3) is 0 Å². The van der Waals surface area contributed by atoms with Crippen molar-refractivity contribution < 1.29 is 4.79 Å². The molecule has 0 aliphatic heterocycles. The number of allylic oxidation sites excluding steroid dienone is 2. The Morgan fingerprint density at radius 2 is 2.11 bits per heavy atom. The number of fused-ring (bicyclic) bond motifs is 1. The third kappa shape index (κ3) is 2.58. The van der Waals surface area contributed by atoms with E-state index in [2.05, 4.69) is 17.5 Å². The monoisotopic (exact) mass is 255 g/mol. The molecule has 0 heterocycles. The van der Waals surface area contributed by atoms with Crippen LogP contribution >= 0.6 is 0 Å². The average molecular weight is 255 g/mol. The van der Waals surface area contributed by atoms with Crippen LogP contribution in [-0.4, -0.2) is 5.91 Å². The van der Waals surface area contributed by atoms with Gasteiger partial charge in [0.1, 0.15) is 0 Å². The minimum atomic E-state index is 0.203.